The first-order valence-electron chi connectivity index (χ1n) is 8.32. The monoisotopic (exact) mass is 402 g/mol. The van der Waals surface area contributed by atoms with Crippen molar-refractivity contribution in [1.29, 1.82) is 0 Å². The molecule has 0 atom stereocenters. The molecule has 138 valence electrons. The second-order valence-corrected chi connectivity index (χ2v) is 7.06. The van der Waals surface area contributed by atoms with Crippen LogP contribution in [0.4, 0.5) is 4.39 Å². The Kier molecular flexibility index (Phi) is 6.09. The zero-order valence-electron chi connectivity index (χ0n) is 14.6. The molecule has 3 aromatic rings. The molecule has 1 aromatic heterocycles. The van der Waals surface area contributed by atoms with Crippen molar-refractivity contribution < 1.29 is 9.18 Å². The smallest absolute Gasteiger partial charge is 0.254 e. The molecule has 2 aromatic carbocycles. The van der Waals surface area contributed by atoms with Crippen LogP contribution in [0.25, 0.3) is 0 Å². The Balaban J connectivity index is 1.92. The van der Waals surface area contributed by atoms with Crippen molar-refractivity contribution in [2.24, 2.45) is 0 Å². The molecule has 0 saturated heterocycles. The number of rotatable bonds is 5. The summed E-state index contributed by atoms with van der Waals surface area (Å²) in [6.07, 6.45) is 1.73. The molecule has 0 aliphatic carbocycles. The van der Waals surface area contributed by atoms with Gasteiger partial charge in [-0.05, 0) is 54.4 Å². The summed E-state index contributed by atoms with van der Waals surface area (Å²) >= 11 is 12.2. The number of hydrogen-bond donors (Lipinski definition) is 0. The maximum atomic E-state index is 13.6. The van der Waals surface area contributed by atoms with Crippen molar-refractivity contribution in [2.75, 3.05) is 0 Å². The second-order valence-electron chi connectivity index (χ2n) is 6.22. The van der Waals surface area contributed by atoms with Gasteiger partial charge in [-0.3, -0.25) is 9.78 Å². The van der Waals surface area contributed by atoms with E-state index < -0.39 is 5.82 Å². The van der Waals surface area contributed by atoms with Crippen LogP contribution in [-0.2, 0) is 13.1 Å². The highest BCUT2D eigenvalue weighted by atomic mass is 35.5. The number of benzene rings is 2. The molecule has 3 rings (SSSR count). The molecule has 0 fully saturated rings. The lowest BCUT2D eigenvalue weighted by atomic mass is 10.1. The minimum atomic E-state index is -0.456. The molecule has 0 unspecified atom stereocenters. The number of carbonyl (C=O) groups is 1. The summed E-state index contributed by atoms with van der Waals surface area (Å²) in [4.78, 5) is 18.9. The Morgan fingerprint density at radius 2 is 1.89 bits per heavy atom. The fourth-order valence-corrected chi connectivity index (χ4v) is 3.14. The normalized spacial score (nSPS) is 10.7. The van der Waals surface area contributed by atoms with Crippen LogP contribution in [0.2, 0.25) is 10.0 Å². The Bertz CT molecular complexity index is 961. The van der Waals surface area contributed by atoms with Crippen molar-refractivity contribution in [3.63, 3.8) is 0 Å². The molecular weight excluding hydrogens is 386 g/mol. The van der Waals surface area contributed by atoms with E-state index in [1.165, 1.54) is 18.2 Å². The van der Waals surface area contributed by atoms with Gasteiger partial charge in [-0.2, -0.15) is 0 Å². The molecule has 6 heteroatoms. The highest BCUT2D eigenvalue weighted by Crippen LogP contribution is 2.24. The summed E-state index contributed by atoms with van der Waals surface area (Å²) < 4.78 is 13.6. The van der Waals surface area contributed by atoms with Crippen LogP contribution in [-0.4, -0.2) is 15.8 Å². The lowest BCUT2D eigenvalue weighted by Gasteiger charge is -2.24. The van der Waals surface area contributed by atoms with Gasteiger partial charge in [0.15, 0.2) is 0 Å². The topological polar surface area (TPSA) is 33.2 Å². The third-order valence-electron chi connectivity index (χ3n) is 4.08. The highest BCUT2D eigenvalue weighted by Gasteiger charge is 2.19. The number of hydrogen-bond acceptors (Lipinski definition) is 2. The maximum absolute atomic E-state index is 13.6. The summed E-state index contributed by atoms with van der Waals surface area (Å²) in [6, 6.07) is 14.6. The molecular formula is C21H17Cl2FN2O. The average molecular weight is 403 g/mol. The Labute approximate surface area is 167 Å². The first kappa shape index (κ1) is 19.3. The minimum absolute atomic E-state index is 0.263. The van der Waals surface area contributed by atoms with Crippen LogP contribution in [0, 0.1) is 12.7 Å². The van der Waals surface area contributed by atoms with Gasteiger partial charge in [0.05, 0.1) is 0 Å². The third kappa shape index (κ3) is 5.06. The highest BCUT2D eigenvalue weighted by molar-refractivity contribution is 6.35. The Morgan fingerprint density at radius 1 is 1.07 bits per heavy atom. The largest absolute Gasteiger partial charge is 0.330 e. The van der Waals surface area contributed by atoms with Crippen LogP contribution in [0.15, 0.2) is 60.8 Å². The van der Waals surface area contributed by atoms with E-state index in [2.05, 4.69) is 4.98 Å². The summed E-state index contributed by atoms with van der Waals surface area (Å²) in [5, 5.41) is 0.996. The van der Waals surface area contributed by atoms with E-state index in [0.29, 0.717) is 16.6 Å². The van der Waals surface area contributed by atoms with Gasteiger partial charge < -0.3 is 4.90 Å². The SMILES string of the molecule is Cc1ccc(CN(Cc2ccc(Cl)cc2Cl)C(=O)c2cccc(F)c2)cn1. The summed E-state index contributed by atoms with van der Waals surface area (Å²) in [5.41, 5.74) is 2.80. The zero-order valence-corrected chi connectivity index (χ0v) is 16.1. The molecule has 0 bridgehead atoms. The van der Waals surface area contributed by atoms with E-state index in [1.54, 1.807) is 35.4 Å². The predicted molar refractivity (Wildman–Crippen MR) is 105 cm³/mol. The summed E-state index contributed by atoms with van der Waals surface area (Å²) in [6.45, 7) is 2.48. The fraction of sp³-hybridized carbons (Fsp3) is 0.143. The van der Waals surface area contributed by atoms with Gasteiger partial charge in [-0.1, -0.05) is 41.4 Å². The number of halogens is 3. The number of nitrogens with zero attached hydrogens (tertiary/aromatic N) is 2. The van der Waals surface area contributed by atoms with Crippen LogP contribution in [0.3, 0.4) is 0 Å². The van der Waals surface area contributed by atoms with Crippen molar-refractivity contribution in [1.82, 2.24) is 9.88 Å². The maximum Gasteiger partial charge on any atom is 0.254 e. The third-order valence-corrected chi connectivity index (χ3v) is 4.67. The van der Waals surface area contributed by atoms with Gasteiger partial charge in [0.1, 0.15) is 5.82 Å². The van der Waals surface area contributed by atoms with E-state index in [0.717, 1.165) is 16.8 Å². The average Bonchev–Trinajstić information content (AvgIpc) is 2.64. The standard InChI is InChI=1S/C21H17Cl2FN2O/c1-14-5-6-15(11-25-14)12-26(13-17-7-8-18(22)10-20(17)23)21(27)16-3-2-4-19(24)9-16/h2-11H,12-13H2,1H3. The van der Waals surface area contributed by atoms with Crippen molar-refractivity contribution in [3.8, 4) is 0 Å². The minimum Gasteiger partial charge on any atom is -0.330 e. The molecule has 0 N–H and O–H groups in total. The first-order chi connectivity index (χ1) is 12.9. The first-order valence-corrected chi connectivity index (χ1v) is 9.08. The van der Waals surface area contributed by atoms with E-state index in [-0.39, 0.29) is 18.0 Å². The van der Waals surface area contributed by atoms with Crippen LogP contribution in [0.1, 0.15) is 27.2 Å². The molecule has 0 radical (unpaired) electrons. The second kappa shape index (κ2) is 8.51. The molecule has 0 aliphatic rings. The van der Waals surface area contributed by atoms with Gasteiger partial charge in [-0.25, -0.2) is 4.39 Å². The number of carbonyl (C=O) groups excluding carboxylic acids is 1. The van der Waals surface area contributed by atoms with Crippen LogP contribution in [0.5, 0.6) is 0 Å². The zero-order chi connectivity index (χ0) is 19.4. The molecule has 1 heterocycles. The van der Waals surface area contributed by atoms with E-state index >= 15 is 0 Å². The van der Waals surface area contributed by atoms with E-state index in [9.17, 15) is 9.18 Å². The van der Waals surface area contributed by atoms with Crippen LogP contribution < -0.4 is 0 Å². The van der Waals surface area contributed by atoms with Crippen LogP contribution >= 0.6 is 23.2 Å². The lowest BCUT2D eigenvalue weighted by molar-refractivity contribution is 0.0729. The van der Waals surface area contributed by atoms with Crippen molar-refractivity contribution >= 4 is 29.1 Å². The van der Waals surface area contributed by atoms with E-state index in [1.807, 2.05) is 19.1 Å². The molecule has 0 saturated carbocycles. The van der Waals surface area contributed by atoms with Gasteiger partial charge >= 0.3 is 0 Å². The number of aromatic nitrogens is 1. The molecule has 3 nitrogen and oxygen atoms in total. The predicted octanol–water partition coefficient (Wildman–Crippen LogP) is 5.68. The Morgan fingerprint density at radius 3 is 2.56 bits per heavy atom. The Hall–Kier alpha value is -2.43. The molecule has 27 heavy (non-hydrogen) atoms. The molecule has 0 spiro atoms. The lowest BCUT2D eigenvalue weighted by Crippen LogP contribution is -2.30. The van der Waals surface area contributed by atoms with Gasteiger partial charge in [-0.15, -0.1) is 0 Å². The van der Waals surface area contributed by atoms with E-state index in [4.69, 9.17) is 23.2 Å². The van der Waals surface area contributed by atoms with Crippen molar-refractivity contribution in [2.45, 2.75) is 20.0 Å². The van der Waals surface area contributed by atoms with Gasteiger partial charge in [0.2, 0.25) is 0 Å². The number of aryl methyl sites for hydroxylation is 1. The van der Waals surface area contributed by atoms with Crippen molar-refractivity contribution in [3.05, 3.63) is 99.0 Å². The number of amides is 1. The fourth-order valence-electron chi connectivity index (χ4n) is 2.67. The van der Waals surface area contributed by atoms with Gasteiger partial charge in [0.25, 0.3) is 5.91 Å². The molecule has 1 amide bonds. The number of pyridine rings is 1. The van der Waals surface area contributed by atoms with Gasteiger partial charge in [0, 0.05) is 40.6 Å². The molecule has 0 aliphatic heterocycles. The summed E-state index contributed by atoms with van der Waals surface area (Å²) in [7, 11) is 0. The summed E-state index contributed by atoms with van der Waals surface area (Å²) in [5.74, 6) is -0.747. The quantitative estimate of drug-likeness (QED) is 0.549.